The van der Waals surface area contributed by atoms with E-state index in [-0.39, 0.29) is 0 Å². The van der Waals surface area contributed by atoms with E-state index in [0.29, 0.717) is 11.8 Å². The van der Waals surface area contributed by atoms with Gasteiger partial charge >= 0.3 is 0 Å². The Morgan fingerprint density at radius 3 is 3.21 bits per heavy atom. The highest BCUT2D eigenvalue weighted by Gasteiger charge is 2.16. The van der Waals surface area contributed by atoms with Gasteiger partial charge in [-0.25, -0.2) is 0 Å². The molecule has 0 saturated heterocycles. The van der Waals surface area contributed by atoms with Crippen LogP contribution in [-0.2, 0) is 6.42 Å². The van der Waals surface area contributed by atoms with Crippen molar-refractivity contribution in [3.8, 4) is 5.75 Å². The highest BCUT2D eigenvalue weighted by Crippen LogP contribution is 2.27. The smallest absolute Gasteiger partial charge is 0.117 e. The lowest BCUT2D eigenvalue weighted by Crippen LogP contribution is -2.34. The van der Waals surface area contributed by atoms with E-state index in [2.05, 4.69) is 10.6 Å². The van der Waals surface area contributed by atoms with Crippen LogP contribution in [0.15, 0.2) is 18.2 Å². The van der Waals surface area contributed by atoms with Crippen molar-refractivity contribution in [2.24, 2.45) is 0 Å². The van der Waals surface area contributed by atoms with Crippen molar-refractivity contribution >= 4 is 5.69 Å². The molecule has 0 fully saturated rings. The molecule has 76 valence electrons. The van der Waals surface area contributed by atoms with E-state index in [1.165, 1.54) is 5.56 Å². The maximum atomic E-state index is 9.35. The highest BCUT2D eigenvalue weighted by atomic mass is 16.3. The van der Waals surface area contributed by atoms with Gasteiger partial charge in [-0.3, -0.25) is 0 Å². The summed E-state index contributed by atoms with van der Waals surface area (Å²) in [6.45, 7) is 0.967. The average Bonchev–Trinajstić information content (AvgIpc) is 2.17. The molecule has 0 radical (unpaired) electrons. The van der Waals surface area contributed by atoms with Gasteiger partial charge in [-0.1, -0.05) is 6.07 Å². The van der Waals surface area contributed by atoms with Crippen LogP contribution in [0.1, 0.15) is 12.0 Å². The normalized spacial score (nSPS) is 19.9. The van der Waals surface area contributed by atoms with Crippen molar-refractivity contribution in [3.05, 3.63) is 23.8 Å². The SMILES string of the molecule is CNCC1CCc2ccc(O)cc2N1. The monoisotopic (exact) mass is 192 g/mol. The van der Waals surface area contributed by atoms with Crippen molar-refractivity contribution < 1.29 is 5.11 Å². The van der Waals surface area contributed by atoms with E-state index in [1.54, 1.807) is 12.1 Å². The molecule has 1 atom stereocenters. The number of likely N-dealkylation sites (N-methyl/N-ethyl adjacent to an activating group) is 1. The molecule has 0 aliphatic carbocycles. The van der Waals surface area contributed by atoms with Crippen LogP contribution < -0.4 is 10.6 Å². The summed E-state index contributed by atoms with van der Waals surface area (Å²) in [5, 5.41) is 15.9. The van der Waals surface area contributed by atoms with Crippen LogP contribution in [0.25, 0.3) is 0 Å². The van der Waals surface area contributed by atoms with Gasteiger partial charge in [-0.15, -0.1) is 0 Å². The van der Waals surface area contributed by atoms with E-state index in [4.69, 9.17) is 0 Å². The number of aryl methyl sites for hydroxylation is 1. The summed E-state index contributed by atoms with van der Waals surface area (Å²) in [6.07, 6.45) is 2.24. The molecule has 0 spiro atoms. The van der Waals surface area contributed by atoms with Gasteiger partial charge in [-0.2, -0.15) is 0 Å². The third-order valence-electron chi connectivity index (χ3n) is 2.67. The molecule has 0 aromatic heterocycles. The standard InChI is InChI=1S/C11H16N2O/c1-12-7-9-4-2-8-3-5-10(14)6-11(8)13-9/h3,5-6,9,12-14H,2,4,7H2,1H3. The predicted molar refractivity (Wildman–Crippen MR) is 57.8 cm³/mol. The second-order valence-corrected chi connectivity index (χ2v) is 3.78. The first-order valence-electron chi connectivity index (χ1n) is 5.02. The molecule has 1 heterocycles. The van der Waals surface area contributed by atoms with Crippen LogP contribution in [-0.4, -0.2) is 24.7 Å². The lowest BCUT2D eigenvalue weighted by molar-refractivity contribution is 0.474. The van der Waals surface area contributed by atoms with Crippen LogP contribution in [0.2, 0.25) is 0 Å². The maximum Gasteiger partial charge on any atom is 0.117 e. The van der Waals surface area contributed by atoms with Gasteiger partial charge in [0.15, 0.2) is 0 Å². The van der Waals surface area contributed by atoms with Crippen LogP contribution in [0.5, 0.6) is 5.75 Å². The van der Waals surface area contributed by atoms with E-state index in [9.17, 15) is 5.11 Å². The quantitative estimate of drug-likeness (QED) is 0.662. The molecule has 1 aromatic carbocycles. The summed E-state index contributed by atoms with van der Waals surface area (Å²) in [4.78, 5) is 0. The topological polar surface area (TPSA) is 44.3 Å². The minimum atomic E-state index is 0.335. The minimum absolute atomic E-state index is 0.335. The van der Waals surface area contributed by atoms with E-state index in [0.717, 1.165) is 25.1 Å². The summed E-state index contributed by atoms with van der Waals surface area (Å²) in [5.41, 5.74) is 2.38. The van der Waals surface area contributed by atoms with Crippen LogP contribution in [0, 0.1) is 0 Å². The van der Waals surface area contributed by atoms with Crippen molar-refractivity contribution in [2.45, 2.75) is 18.9 Å². The fourth-order valence-electron chi connectivity index (χ4n) is 1.94. The summed E-state index contributed by atoms with van der Waals surface area (Å²) >= 11 is 0. The van der Waals surface area contributed by atoms with Gasteiger partial charge in [0, 0.05) is 24.3 Å². The second-order valence-electron chi connectivity index (χ2n) is 3.78. The zero-order valence-electron chi connectivity index (χ0n) is 8.38. The number of phenolic OH excluding ortho intramolecular Hbond substituents is 1. The zero-order valence-corrected chi connectivity index (χ0v) is 8.38. The molecule has 3 heteroatoms. The third-order valence-corrected chi connectivity index (χ3v) is 2.67. The van der Waals surface area contributed by atoms with E-state index < -0.39 is 0 Å². The first-order valence-corrected chi connectivity index (χ1v) is 5.02. The Bertz CT molecular complexity index is 325. The molecule has 0 bridgehead atoms. The van der Waals surface area contributed by atoms with Gasteiger partial charge in [0.05, 0.1) is 0 Å². The number of phenols is 1. The van der Waals surface area contributed by atoms with Gasteiger partial charge in [0.2, 0.25) is 0 Å². The minimum Gasteiger partial charge on any atom is -0.508 e. The van der Waals surface area contributed by atoms with Crippen molar-refractivity contribution in [3.63, 3.8) is 0 Å². The molecule has 2 rings (SSSR count). The Morgan fingerprint density at radius 1 is 1.57 bits per heavy atom. The Hall–Kier alpha value is -1.22. The molecule has 0 saturated carbocycles. The Balaban J connectivity index is 2.16. The molecule has 3 N–H and O–H groups in total. The number of hydrogen-bond acceptors (Lipinski definition) is 3. The van der Waals surface area contributed by atoms with Gasteiger partial charge in [0.1, 0.15) is 5.75 Å². The summed E-state index contributed by atoms with van der Waals surface area (Å²) in [6, 6.07) is 6.03. The second kappa shape index (κ2) is 3.88. The molecule has 14 heavy (non-hydrogen) atoms. The molecule has 1 aliphatic rings. The van der Waals surface area contributed by atoms with Gasteiger partial charge in [0.25, 0.3) is 0 Å². The molecule has 1 aliphatic heterocycles. The molecule has 0 amide bonds. The summed E-state index contributed by atoms with van der Waals surface area (Å²) < 4.78 is 0. The Labute approximate surface area is 84.1 Å². The molecular weight excluding hydrogens is 176 g/mol. The van der Waals surface area contributed by atoms with Crippen LogP contribution >= 0.6 is 0 Å². The maximum absolute atomic E-state index is 9.35. The summed E-state index contributed by atoms with van der Waals surface area (Å²) in [5.74, 6) is 0.335. The van der Waals surface area contributed by atoms with E-state index in [1.807, 2.05) is 13.1 Å². The van der Waals surface area contributed by atoms with Crippen molar-refractivity contribution in [1.82, 2.24) is 5.32 Å². The fraction of sp³-hybridized carbons (Fsp3) is 0.455. The number of anilines is 1. The fourth-order valence-corrected chi connectivity index (χ4v) is 1.94. The lowest BCUT2D eigenvalue weighted by Gasteiger charge is -2.26. The number of rotatable bonds is 2. The number of fused-ring (bicyclic) bond motifs is 1. The Morgan fingerprint density at radius 2 is 2.43 bits per heavy atom. The summed E-state index contributed by atoms with van der Waals surface area (Å²) in [7, 11) is 1.96. The van der Waals surface area contributed by atoms with Crippen LogP contribution in [0.3, 0.4) is 0 Å². The van der Waals surface area contributed by atoms with Gasteiger partial charge in [-0.05, 0) is 31.5 Å². The molecule has 3 nitrogen and oxygen atoms in total. The van der Waals surface area contributed by atoms with Crippen LogP contribution in [0.4, 0.5) is 5.69 Å². The molecular formula is C11H16N2O. The highest BCUT2D eigenvalue weighted by molar-refractivity contribution is 5.57. The number of nitrogens with one attached hydrogen (secondary N) is 2. The van der Waals surface area contributed by atoms with Crippen molar-refractivity contribution in [1.29, 1.82) is 0 Å². The van der Waals surface area contributed by atoms with Gasteiger partial charge < -0.3 is 15.7 Å². The number of hydrogen-bond donors (Lipinski definition) is 3. The zero-order chi connectivity index (χ0) is 9.97. The first-order chi connectivity index (χ1) is 6.79. The third kappa shape index (κ3) is 1.82. The van der Waals surface area contributed by atoms with E-state index >= 15 is 0 Å². The predicted octanol–water partition coefficient (Wildman–Crippen LogP) is 1.34. The molecule has 1 aromatic rings. The largest absolute Gasteiger partial charge is 0.508 e. The lowest BCUT2D eigenvalue weighted by atomic mass is 9.98. The number of benzene rings is 1. The molecule has 1 unspecified atom stereocenters. The first kappa shape index (κ1) is 9.34. The van der Waals surface area contributed by atoms with Crippen molar-refractivity contribution in [2.75, 3.05) is 18.9 Å². The Kier molecular flexibility index (Phi) is 2.59. The number of aromatic hydroxyl groups is 1. The average molecular weight is 192 g/mol.